The van der Waals surface area contributed by atoms with E-state index in [1.807, 2.05) is 18.2 Å². The predicted octanol–water partition coefficient (Wildman–Crippen LogP) is 3.59. The van der Waals surface area contributed by atoms with Crippen molar-refractivity contribution in [2.75, 3.05) is 34.9 Å². The molecular formula is C22H33IN4O2. The summed E-state index contributed by atoms with van der Waals surface area (Å²) in [5, 5.41) is 3.24. The maximum Gasteiger partial charge on any atom is 0.188 e. The first kappa shape index (κ1) is 25.0. The number of nitrogens with one attached hydrogen (secondary N) is 1. The number of likely N-dealkylation sites (N-methyl/N-ethyl adjacent to an activating group) is 1. The maximum atomic E-state index is 6.08. The number of aliphatic imine (C=N–C) groups is 1. The average Bonchev–Trinajstić information content (AvgIpc) is 2.72. The van der Waals surface area contributed by atoms with E-state index < -0.39 is 0 Å². The lowest BCUT2D eigenvalue weighted by molar-refractivity contribution is 0.298. The summed E-state index contributed by atoms with van der Waals surface area (Å²) in [5.74, 6) is 1.81. The molecule has 0 radical (unpaired) electrons. The summed E-state index contributed by atoms with van der Waals surface area (Å²) in [5.41, 5.74) is 9.68. The molecule has 6 nitrogen and oxygen atoms in total. The second kappa shape index (κ2) is 12.5. The van der Waals surface area contributed by atoms with E-state index in [1.54, 1.807) is 14.2 Å². The standard InChI is InChI=1S/C22H32N4O2.HI/c1-6-16-7-10-18(11-8-16)19(26(2)3)15-25-22(23)24-14-17-9-12-20(27-4)21(13-17)28-5;/h7-13,19H,6,14-15H2,1-5H3,(H3,23,24,25);1H. The Hall–Kier alpha value is -2.00. The number of hydrogen-bond donors (Lipinski definition) is 2. The van der Waals surface area contributed by atoms with Crippen LogP contribution in [-0.4, -0.2) is 45.7 Å². The number of hydrogen-bond acceptors (Lipinski definition) is 4. The first-order valence-electron chi connectivity index (χ1n) is 9.48. The molecule has 0 aliphatic carbocycles. The van der Waals surface area contributed by atoms with Gasteiger partial charge in [-0.15, -0.1) is 24.0 Å². The molecule has 0 saturated heterocycles. The Morgan fingerprint density at radius 3 is 2.21 bits per heavy atom. The van der Waals surface area contributed by atoms with E-state index >= 15 is 0 Å². The van der Waals surface area contributed by atoms with E-state index in [9.17, 15) is 0 Å². The Kier molecular flexibility index (Phi) is 10.8. The van der Waals surface area contributed by atoms with Gasteiger partial charge in [-0.05, 0) is 49.3 Å². The highest BCUT2D eigenvalue weighted by Crippen LogP contribution is 2.27. The van der Waals surface area contributed by atoms with Crippen LogP contribution in [0, 0.1) is 0 Å². The van der Waals surface area contributed by atoms with Gasteiger partial charge in [0.1, 0.15) is 0 Å². The molecule has 0 amide bonds. The fourth-order valence-corrected chi connectivity index (χ4v) is 2.99. The van der Waals surface area contributed by atoms with Crippen molar-refractivity contribution in [3.8, 4) is 11.5 Å². The zero-order valence-electron chi connectivity index (χ0n) is 17.9. The highest BCUT2D eigenvalue weighted by atomic mass is 127. The lowest BCUT2D eigenvalue weighted by Gasteiger charge is -2.25. The normalized spacial score (nSPS) is 12.3. The third-order valence-corrected chi connectivity index (χ3v) is 4.75. The smallest absolute Gasteiger partial charge is 0.188 e. The number of nitrogens with two attached hydrogens (primary N) is 1. The summed E-state index contributed by atoms with van der Waals surface area (Å²) >= 11 is 0. The zero-order chi connectivity index (χ0) is 20.5. The third kappa shape index (κ3) is 7.40. The van der Waals surface area contributed by atoms with Crippen LogP contribution >= 0.6 is 24.0 Å². The molecule has 0 spiro atoms. The molecule has 3 N–H and O–H groups in total. The van der Waals surface area contributed by atoms with Gasteiger partial charge in [0.05, 0.1) is 26.8 Å². The van der Waals surface area contributed by atoms with Gasteiger partial charge in [0.25, 0.3) is 0 Å². The van der Waals surface area contributed by atoms with Crippen molar-refractivity contribution in [1.82, 2.24) is 10.2 Å². The molecule has 7 heteroatoms. The summed E-state index contributed by atoms with van der Waals surface area (Å²) in [4.78, 5) is 6.62. The molecule has 0 aliphatic rings. The van der Waals surface area contributed by atoms with Gasteiger partial charge >= 0.3 is 0 Å². The molecule has 0 heterocycles. The van der Waals surface area contributed by atoms with Crippen LogP contribution in [-0.2, 0) is 13.0 Å². The lowest BCUT2D eigenvalue weighted by Crippen LogP contribution is -2.38. The van der Waals surface area contributed by atoms with Gasteiger partial charge in [0.15, 0.2) is 17.5 Å². The van der Waals surface area contributed by atoms with Crippen molar-refractivity contribution < 1.29 is 9.47 Å². The van der Waals surface area contributed by atoms with Crippen LogP contribution in [0.15, 0.2) is 47.5 Å². The van der Waals surface area contributed by atoms with Crippen LogP contribution in [0.2, 0.25) is 0 Å². The van der Waals surface area contributed by atoms with Crippen LogP contribution in [0.25, 0.3) is 0 Å². The van der Waals surface area contributed by atoms with E-state index in [0.29, 0.717) is 30.5 Å². The number of aryl methyl sites for hydroxylation is 1. The van der Waals surface area contributed by atoms with E-state index in [-0.39, 0.29) is 30.0 Å². The molecule has 1 atom stereocenters. The molecule has 0 saturated carbocycles. The Morgan fingerprint density at radius 2 is 1.66 bits per heavy atom. The number of nitrogens with zero attached hydrogens (tertiary/aromatic N) is 2. The SMILES string of the molecule is CCc1ccc(C(CNC(N)=NCc2ccc(OC)c(OC)c2)N(C)C)cc1.I. The molecule has 2 rings (SSSR count). The summed E-state index contributed by atoms with van der Waals surface area (Å²) < 4.78 is 10.6. The minimum Gasteiger partial charge on any atom is -0.493 e. The average molecular weight is 512 g/mol. The maximum absolute atomic E-state index is 6.08. The van der Waals surface area contributed by atoms with E-state index in [2.05, 4.69) is 60.5 Å². The van der Waals surface area contributed by atoms with Gasteiger partial charge in [-0.25, -0.2) is 4.99 Å². The van der Waals surface area contributed by atoms with E-state index in [4.69, 9.17) is 15.2 Å². The Bertz CT molecular complexity index is 779. The number of guanidine groups is 1. The topological polar surface area (TPSA) is 72.1 Å². The second-order valence-corrected chi connectivity index (χ2v) is 6.85. The molecule has 0 aromatic heterocycles. The van der Waals surface area contributed by atoms with Crippen LogP contribution in [0.5, 0.6) is 11.5 Å². The minimum atomic E-state index is 0. The van der Waals surface area contributed by atoms with Gasteiger partial charge in [-0.3, -0.25) is 0 Å². The van der Waals surface area contributed by atoms with Crippen LogP contribution < -0.4 is 20.5 Å². The van der Waals surface area contributed by atoms with Crippen molar-refractivity contribution >= 4 is 29.9 Å². The monoisotopic (exact) mass is 512 g/mol. The number of halogens is 1. The Balaban J connectivity index is 0.00000420. The number of methoxy groups -OCH3 is 2. The van der Waals surface area contributed by atoms with Crippen molar-refractivity contribution in [2.24, 2.45) is 10.7 Å². The van der Waals surface area contributed by atoms with Crippen molar-refractivity contribution in [3.63, 3.8) is 0 Å². The second-order valence-electron chi connectivity index (χ2n) is 6.85. The highest BCUT2D eigenvalue weighted by Gasteiger charge is 2.14. The number of ether oxygens (including phenoxy) is 2. The van der Waals surface area contributed by atoms with Gasteiger partial charge in [0.2, 0.25) is 0 Å². The molecule has 0 fully saturated rings. The number of benzene rings is 2. The molecular weight excluding hydrogens is 479 g/mol. The molecule has 2 aromatic rings. The minimum absolute atomic E-state index is 0. The van der Waals surface area contributed by atoms with E-state index in [1.165, 1.54) is 11.1 Å². The summed E-state index contributed by atoms with van der Waals surface area (Å²) in [6, 6.07) is 14.7. The molecule has 0 bridgehead atoms. The van der Waals surface area contributed by atoms with Crippen molar-refractivity contribution in [2.45, 2.75) is 25.9 Å². The third-order valence-electron chi connectivity index (χ3n) is 4.75. The molecule has 29 heavy (non-hydrogen) atoms. The largest absolute Gasteiger partial charge is 0.493 e. The van der Waals surface area contributed by atoms with Gasteiger partial charge in [0, 0.05) is 6.54 Å². The fraction of sp³-hybridized carbons (Fsp3) is 0.409. The first-order chi connectivity index (χ1) is 13.5. The molecule has 2 aromatic carbocycles. The summed E-state index contributed by atoms with van der Waals surface area (Å²) in [6.07, 6.45) is 1.04. The van der Waals surface area contributed by atoms with Crippen LogP contribution in [0.3, 0.4) is 0 Å². The van der Waals surface area contributed by atoms with E-state index in [0.717, 1.165) is 12.0 Å². The fourth-order valence-electron chi connectivity index (χ4n) is 2.99. The van der Waals surface area contributed by atoms with Crippen LogP contribution in [0.4, 0.5) is 0 Å². The lowest BCUT2D eigenvalue weighted by atomic mass is 10.0. The van der Waals surface area contributed by atoms with Crippen LogP contribution in [0.1, 0.15) is 29.7 Å². The van der Waals surface area contributed by atoms with Gasteiger partial charge < -0.3 is 25.4 Å². The quantitative estimate of drug-likeness (QED) is 0.305. The first-order valence-corrected chi connectivity index (χ1v) is 9.48. The summed E-state index contributed by atoms with van der Waals surface area (Å²) in [7, 11) is 7.37. The van der Waals surface area contributed by atoms with Gasteiger partial charge in [-0.1, -0.05) is 37.3 Å². The Morgan fingerprint density at radius 1 is 1.03 bits per heavy atom. The van der Waals surface area contributed by atoms with Crippen molar-refractivity contribution in [1.29, 1.82) is 0 Å². The molecule has 1 unspecified atom stereocenters. The van der Waals surface area contributed by atoms with Gasteiger partial charge in [-0.2, -0.15) is 0 Å². The predicted molar refractivity (Wildman–Crippen MR) is 131 cm³/mol. The Labute approximate surface area is 191 Å². The summed E-state index contributed by atoms with van der Waals surface area (Å²) in [6.45, 7) is 3.31. The molecule has 0 aliphatic heterocycles. The van der Waals surface area contributed by atoms with Crippen molar-refractivity contribution in [3.05, 3.63) is 59.2 Å². The molecule has 160 valence electrons. The highest BCUT2D eigenvalue weighted by molar-refractivity contribution is 14.0. The zero-order valence-corrected chi connectivity index (χ0v) is 20.3. The number of rotatable bonds is 9.